The molecule has 0 bridgehead atoms. The molecule has 10 heteroatoms. The Bertz CT molecular complexity index is 777. The number of aromatic nitrogens is 2. The fourth-order valence-corrected chi connectivity index (χ4v) is 2.86. The van der Waals surface area contributed by atoms with E-state index >= 15 is 0 Å². The van der Waals surface area contributed by atoms with Crippen LogP contribution in [0.15, 0.2) is 27.7 Å². The number of halogens is 3. The first-order valence-electron chi connectivity index (χ1n) is 8.59. The van der Waals surface area contributed by atoms with Crippen LogP contribution in [0, 0.1) is 18.6 Å². The minimum Gasteiger partial charge on any atom is -0.366 e. The number of rotatable bonds is 4. The van der Waals surface area contributed by atoms with E-state index in [1.165, 1.54) is 6.07 Å². The summed E-state index contributed by atoms with van der Waals surface area (Å²) in [5.74, 6) is 0.924. The fourth-order valence-electron chi connectivity index (χ4n) is 2.86. The van der Waals surface area contributed by atoms with Gasteiger partial charge in [-0.3, -0.25) is 0 Å². The molecule has 0 amide bonds. The predicted octanol–water partition coefficient (Wildman–Crippen LogP) is 2.56. The Labute approximate surface area is 173 Å². The van der Waals surface area contributed by atoms with Crippen LogP contribution in [0.1, 0.15) is 18.6 Å². The van der Waals surface area contributed by atoms with Gasteiger partial charge in [0.2, 0.25) is 5.89 Å². The third-order valence-corrected chi connectivity index (χ3v) is 4.10. The van der Waals surface area contributed by atoms with Crippen LogP contribution in [0.25, 0.3) is 0 Å². The van der Waals surface area contributed by atoms with E-state index in [0.717, 1.165) is 24.6 Å². The Morgan fingerprint density at radius 1 is 1.26 bits per heavy atom. The van der Waals surface area contributed by atoms with Gasteiger partial charge < -0.3 is 19.6 Å². The minimum atomic E-state index is -0.436. The number of hydrogen-bond acceptors (Lipinski definition) is 5. The van der Waals surface area contributed by atoms with Crippen LogP contribution < -0.4 is 10.2 Å². The highest BCUT2D eigenvalue weighted by atomic mass is 127. The lowest BCUT2D eigenvalue weighted by Gasteiger charge is -2.37. The SMILES string of the molecule is CCNC(=NCc1nc(C)no1)N1CCN(c2cc(F)ccc2F)CC1.I. The molecule has 1 aliphatic rings. The second-order valence-corrected chi connectivity index (χ2v) is 5.98. The lowest BCUT2D eigenvalue weighted by Crippen LogP contribution is -2.52. The lowest BCUT2D eigenvalue weighted by molar-refractivity contribution is 0.362. The van der Waals surface area contributed by atoms with Crippen molar-refractivity contribution < 1.29 is 13.3 Å². The quantitative estimate of drug-likeness (QED) is 0.402. The summed E-state index contributed by atoms with van der Waals surface area (Å²) >= 11 is 0. The molecule has 1 aromatic heterocycles. The van der Waals surface area contributed by atoms with Crippen molar-refractivity contribution in [1.29, 1.82) is 0 Å². The number of anilines is 1. The monoisotopic (exact) mass is 492 g/mol. The maximum Gasteiger partial charge on any atom is 0.248 e. The number of benzene rings is 1. The standard InChI is InChI=1S/C17H22F2N6O.HI/c1-3-20-17(21-11-16-22-12(2)23-26-16)25-8-6-24(7-9-25)15-10-13(18)4-5-14(15)19;/h4-5,10H,3,6-9,11H2,1-2H3,(H,20,21);1H. The van der Waals surface area contributed by atoms with Crippen molar-refractivity contribution in [2.24, 2.45) is 4.99 Å². The topological polar surface area (TPSA) is 69.8 Å². The number of aliphatic imine (C=N–C) groups is 1. The van der Waals surface area contributed by atoms with Crippen LogP contribution in [0.4, 0.5) is 14.5 Å². The van der Waals surface area contributed by atoms with E-state index in [1.54, 1.807) is 6.92 Å². The summed E-state index contributed by atoms with van der Waals surface area (Å²) in [6.07, 6.45) is 0. The Morgan fingerprint density at radius 2 is 2.00 bits per heavy atom. The molecule has 1 aliphatic heterocycles. The molecule has 2 heterocycles. The van der Waals surface area contributed by atoms with E-state index < -0.39 is 11.6 Å². The Balaban J connectivity index is 0.00000261. The van der Waals surface area contributed by atoms with Crippen molar-refractivity contribution in [3.8, 4) is 0 Å². The molecule has 0 atom stereocenters. The largest absolute Gasteiger partial charge is 0.366 e. The Kier molecular flexibility index (Phi) is 7.75. The number of aryl methyl sites for hydroxylation is 1. The molecule has 0 spiro atoms. The summed E-state index contributed by atoms with van der Waals surface area (Å²) < 4.78 is 32.5. The number of nitrogens with one attached hydrogen (secondary N) is 1. The van der Waals surface area contributed by atoms with Gasteiger partial charge in [-0.1, -0.05) is 5.16 Å². The van der Waals surface area contributed by atoms with Crippen molar-refractivity contribution in [2.45, 2.75) is 20.4 Å². The minimum absolute atomic E-state index is 0. The number of piperazine rings is 1. The summed E-state index contributed by atoms with van der Waals surface area (Å²) in [4.78, 5) is 12.6. The van der Waals surface area contributed by atoms with E-state index in [9.17, 15) is 8.78 Å². The first-order chi connectivity index (χ1) is 12.6. The number of hydrogen-bond donors (Lipinski definition) is 1. The zero-order chi connectivity index (χ0) is 18.5. The van der Waals surface area contributed by atoms with E-state index in [2.05, 4.69) is 25.3 Å². The third-order valence-electron chi connectivity index (χ3n) is 4.10. The third kappa shape index (κ3) is 5.50. The summed E-state index contributed by atoms with van der Waals surface area (Å²) in [6, 6.07) is 3.53. The normalized spacial score (nSPS) is 14.9. The highest BCUT2D eigenvalue weighted by Crippen LogP contribution is 2.22. The van der Waals surface area contributed by atoms with Gasteiger partial charge in [-0.25, -0.2) is 13.8 Å². The summed E-state index contributed by atoms with van der Waals surface area (Å²) in [6.45, 7) is 7.20. The van der Waals surface area contributed by atoms with E-state index in [4.69, 9.17) is 4.52 Å². The van der Waals surface area contributed by atoms with Crippen molar-refractivity contribution >= 4 is 35.6 Å². The lowest BCUT2D eigenvalue weighted by atomic mass is 10.2. The van der Waals surface area contributed by atoms with Gasteiger partial charge in [0, 0.05) is 38.8 Å². The molecule has 0 radical (unpaired) electrons. The van der Waals surface area contributed by atoms with Crippen LogP contribution in [0.3, 0.4) is 0 Å². The molecule has 1 N–H and O–H groups in total. The van der Waals surface area contributed by atoms with E-state index in [-0.39, 0.29) is 24.0 Å². The smallest absolute Gasteiger partial charge is 0.248 e. The maximum atomic E-state index is 14.0. The summed E-state index contributed by atoms with van der Waals surface area (Å²) in [5, 5.41) is 6.99. The second-order valence-electron chi connectivity index (χ2n) is 5.98. The molecule has 148 valence electrons. The van der Waals surface area contributed by atoms with Crippen LogP contribution in [-0.2, 0) is 6.54 Å². The molecular formula is C17H23F2IN6O. The first-order valence-corrected chi connectivity index (χ1v) is 8.59. The molecule has 0 saturated carbocycles. The van der Waals surface area contributed by atoms with Gasteiger partial charge in [0.1, 0.15) is 18.2 Å². The number of guanidine groups is 1. The van der Waals surface area contributed by atoms with Crippen molar-refractivity contribution in [1.82, 2.24) is 20.4 Å². The van der Waals surface area contributed by atoms with Crippen molar-refractivity contribution in [3.05, 3.63) is 41.5 Å². The van der Waals surface area contributed by atoms with Crippen LogP contribution in [0.5, 0.6) is 0 Å². The van der Waals surface area contributed by atoms with E-state index in [1.807, 2.05) is 11.8 Å². The number of nitrogens with zero attached hydrogens (tertiary/aromatic N) is 5. The average Bonchev–Trinajstić information content (AvgIpc) is 3.06. The Hall–Kier alpha value is -1.98. The van der Waals surface area contributed by atoms with E-state index in [0.29, 0.717) is 50.1 Å². The first kappa shape index (κ1) is 21.3. The van der Waals surface area contributed by atoms with Crippen LogP contribution in [-0.4, -0.2) is 53.7 Å². The molecule has 2 aromatic rings. The molecule has 1 saturated heterocycles. The molecule has 0 aliphatic carbocycles. The van der Waals surface area contributed by atoms with Gasteiger partial charge in [-0.15, -0.1) is 24.0 Å². The predicted molar refractivity (Wildman–Crippen MR) is 109 cm³/mol. The fraction of sp³-hybridized carbons (Fsp3) is 0.471. The van der Waals surface area contributed by atoms with Crippen molar-refractivity contribution in [3.63, 3.8) is 0 Å². The molecule has 1 aromatic carbocycles. The molecule has 7 nitrogen and oxygen atoms in total. The highest BCUT2D eigenvalue weighted by molar-refractivity contribution is 14.0. The molecule has 1 fully saturated rings. The molecule has 3 rings (SSSR count). The molecule has 27 heavy (non-hydrogen) atoms. The summed E-state index contributed by atoms with van der Waals surface area (Å²) in [7, 11) is 0. The zero-order valence-electron chi connectivity index (χ0n) is 15.3. The highest BCUT2D eigenvalue weighted by Gasteiger charge is 2.22. The van der Waals surface area contributed by atoms with Gasteiger partial charge in [0.05, 0.1) is 5.69 Å². The zero-order valence-corrected chi connectivity index (χ0v) is 17.6. The van der Waals surface area contributed by atoms with Crippen LogP contribution >= 0.6 is 24.0 Å². The van der Waals surface area contributed by atoms with Gasteiger partial charge >= 0.3 is 0 Å². The molecular weight excluding hydrogens is 469 g/mol. The van der Waals surface area contributed by atoms with Crippen LogP contribution in [0.2, 0.25) is 0 Å². The van der Waals surface area contributed by atoms with Crippen molar-refractivity contribution in [2.75, 3.05) is 37.6 Å². The second kappa shape index (κ2) is 9.81. The van der Waals surface area contributed by atoms with Gasteiger partial charge in [-0.05, 0) is 26.0 Å². The average molecular weight is 492 g/mol. The maximum absolute atomic E-state index is 14.0. The Morgan fingerprint density at radius 3 is 2.63 bits per heavy atom. The van der Waals surface area contributed by atoms with Gasteiger partial charge in [-0.2, -0.15) is 4.98 Å². The summed E-state index contributed by atoms with van der Waals surface area (Å²) in [5.41, 5.74) is 0.299. The van der Waals surface area contributed by atoms with Gasteiger partial charge in [0.15, 0.2) is 11.8 Å². The van der Waals surface area contributed by atoms with Gasteiger partial charge in [0.25, 0.3) is 0 Å². The molecule has 0 unspecified atom stereocenters.